The number of piperidine rings is 2. The molecule has 34 heavy (non-hydrogen) atoms. The Morgan fingerprint density at radius 2 is 1.71 bits per heavy atom. The molecule has 3 fully saturated rings. The van der Waals surface area contributed by atoms with E-state index in [0.29, 0.717) is 18.0 Å². The van der Waals surface area contributed by atoms with E-state index in [4.69, 9.17) is 4.98 Å². The Morgan fingerprint density at radius 1 is 0.882 bits per heavy atom. The molecule has 2 aromatic rings. The number of hydrogen-bond acceptors (Lipinski definition) is 6. The van der Waals surface area contributed by atoms with Gasteiger partial charge in [0.05, 0.1) is 0 Å². The van der Waals surface area contributed by atoms with Gasteiger partial charge >= 0.3 is 0 Å². The van der Waals surface area contributed by atoms with Crippen molar-refractivity contribution in [3.63, 3.8) is 0 Å². The van der Waals surface area contributed by atoms with Gasteiger partial charge in [0.15, 0.2) is 0 Å². The summed E-state index contributed by atoms with van der Waals surface area (Å²) in [5.41, 5.74) is 1.43. The number of nitrogens with one attached hydrogen (secondary N) is 1. The third kappa shape index (κ3) is 6.08. The van der Waals surface area contributed by atoms with Crippen LogP contribution in [-0.4, -0.2) is 71.1 Å². The Hall–Kier alpha value is -2.18. The van der Waals surface area contributed by atoms with Crippen molar-refractivity contribution in [1.82, 2.24) is 19.8 Å². The van der Waals surface area contributed by atoms with Crippen LogP contribution in [0.25, 0.3) is 0 Å². The largest absolute Gasteiger partial charge is 0.356 e. The summed E-state index contributed by atoms with van der Waals surface area (Å²) < 4.78 is 0. The van der Waals surface area contributed by atoms with Crippen LogP contribution in [0.15, 0.2) is 42.6 Å². The average Bonchev–Trinajstić information content (AvgIpc) is 3.15. The van der Waals surface area contributed by atoms with E-state index in [1.165, 1.54) is 70.1 Å². The highest BCUT2D eigenvalue weighted by atomic mass is 15.3. The van der Waals surface area contributed by atoms with Crippen LogP contribution in [0.2, 0.25) is 0 Å². The van der Waals surface area contributed by atoms with Gasteiger partial charge < -0.3 is 10.2 Å². The third-order valence-corrected chi connectivity index (χ3v) is 8.02. The molecule has 6 nitrogen and oxygen atoms in total. The van der Waals surface area contributed by atoms with Gasteiger partial charge in [-0.1, -0.05) is 50.1 Å². The van der Waals surface area contributed by atoms with Crippen molar-refractivity contribution in [3.05, 3.63) is 48.2 Å². The molecule has 3 atom stereocenters. The summed E-state index contributed by atoms with van der Waals surface area (Å²) in [5, 5.41) is 3.70. The Kier molecular flexibility index (Phi) is 7.97. The van der Waals surface area contributed by atoms with Crippen molar-refractivity contribution in [1.29, 1.82) is 0 Å². The van der Waals surface area contributed by atoms with Crippen LogP contribution >= 0.6 is 0 Å². The van der Waals surface area contributed by atoms with E-state index >= 15 is 0 Å². The molecule has 1 N–H and O–H groups in total. The van der Waals surface area contributed by atoms with E-state index in [1.54, 1.807) is 0 Å². The topological polar surface area (TPSA) is 47.5 Å². The second-order valence-electron chi connectivity index (χ2n) is 10.7. The number of likely N-dealkylation sites (tertiary alicyclic amines) is 2. The molecule has 3 unspecified atom stereocenters. The van der Waals surface area contributed by atoms with E-state index in [2.05, 4.69) is 68.3 Å². The molecule has 3 aliphatic rings. The minimum absolute atomic E-state index is 0.433. The molecule has 5 rings (SSSR count). The highest BCUT2D eigenvalue weighted by Gasteiger charge is 2.33. The molecule has 0 spiro atoms. The summed E-state index contributed by atoms with van der Waals surface area (Å²) >= 11 is 0. The van der Waals surface area contributed by atoms with Gasteiger partial charge in [0.2, 0.25) is 5.95 Å². The minimum Gasteiger partial charge on any atom is -0.356 e. The quantitative estimate of drug-likeness (QED) is 0.675. The highest BCUT2D eigenvalue weighted by molar-refractivity contribution is 5.43. The maximum Gasteiger partial charge on any atom is 0.224 e. The van der Waals surface area contributed by atoms with Crippen LogP contribution < -0.4 is 10.2 Å². The Balaban J connectivity index is 1.15. The molecule has 0 radical (unpaired) electrons. The number of aromatic nitrogens is 2. The SMILES string of the molecule is CC1CN(Cc2ccccc2)CCC1N1CCCC(Nc2nccc(N3CCCCCC3)n2)C1. The van der Waals surface area contributed by atoms with Crippen molar-refractivity contribution in [2.75, 3.05) is 49.5 Å². The van der Waals surface area contributed by atoms with Crippen LogP contribution in [0, 0.1) is 5.92 Å². The fourth-order valence-electron chi connectivity index (χ4n) is 6.25. The maximum atomic E-state index is 4.91. The van der Waals surface area contributed by atoms with Crippen molar-refractivity contribution >= 4 is 11.8 Å². The second kappa shape index (κ2) is 11.5. The number of nitrogens with zero attached hydrogens (tertiary/aromatic N) is 5. The maximum absolute atomic E-state index is 4.91. The van der Waals surface area contributed by atoms with Crippen LogP contribution in [0.4, 0.5) is 11.8 Å². The van der Waals surface area contributed by atoms with E-state index in [1.807, 2.05) is 6.20 Å². The first kappa shape index (κ1) is 23.6. The molecule has 0 aliphatic carbocycles. The van der Waals surface area contributed by atoms with Gasteiger partial charge in [0.1, 0.15) is 5.82 Å². The molecular formula is C28H42N6. The molecule has 184 valence electrons. The molecule has 0 bridgehead atoms. The molecule has 0 saturated carbocycles. The Morgan fingerprint density at radius 3 is 2.50 bits per heavy atom. The van der Waals surface area contributed by atoms with Gasteiger partial charge in [-0.2, -0.15) is 4.98 Å². The average molecular weight is 463 g/mol. The fourth-order valence-corrected chi connectivity index (χ4v) is 6.25. The lowest BCUT2D eigenvalue weighted by atomic mass is 9.90. The third-order valence-electron chi connectivity index (χ3n) is 8.02. The van der Waals surface area contributed by atoms with E-state index in [-0.39, 0.29) is 0 Å². The summed E-state index contributed by atoms with van der Waals surface area (Å²) in [6, 6.07) is 14.1. The Bertz CT molecular complexity index is 881. The highest BCUT2D eigenvalue weighted by Crippen LogP contribution is 2.27. The van der Waals surface area contributed by atoms with Crippen LogP contribution in [0.1, 0.15) is 57.4 Å². The summed E-state index contributed by atoms with van der Waals surface area (Å²) in [6.07, 6.45) is 10.9. The van der Waals surface area contributed by atoms with Gasteiger partial charge in [-0.15, -0.1) is 0 Å². The lowest BCUT2D eigenvalue weighted by molar-refractivity contribution is 0.0460. The first-order valence-corrected chi connectivity index (χ1v) is 13.6. The summed E-state index contributed by atoms with van der Waals surface area (Å²) in [6.45, 7) is 10.5. The van der Waals surface area contributed by atoms with Gasteiger partial charge in [-0.3, -0.25) is 9.80 Å². The predicted octanol–water partition coefficient (Wildman–Crippen LogP) is 4.64. The normalized spacial score (nSPS) is 27.3. The lowest BCUT2D eigenvalue weighted by Gasteiger charge is -2.45. The summed E-state index contributed by atoms with van der Waals surface area (Å²) in [5.74, 6) is 2.59. The molecule has 6 heteroatoms. The van der Waals surface area contributed by atoms with Gasteiger partial charge in [-0.25, -0.2) is 4.98 Å². The molecule has 1 aromatic carbocycles. The standard InChI is InChI=1S/C28H42N6/c1-23-20-32(21-24-10-5-4-6-11-24)19-14-26(23)34-18-9-12-25(22-34)30-28-29-15-13-27(31-28)33-16-7-2-3-8-17-33/h4-6,10-11,13,15,23,25-26H,2-3,7-9,12,14,16-22H2,1H3,(H,29,30,31). The number of hydrogen-bond donors (Lipinski definition) is 1. The molecular weight excluding hydrogens is 420 g/mol. The zero-order valence-corrected chi connectivity index (χ0v) is 20.9. The van der Waals surface area contributed by atoms with Crippen molar-refractivity contribution < 1.29 is 0 Å². The summed E-state index contributed by atoms with van der Waals surface area (Å²) in [4.78, 5) is 17.3. The predicted molar refractivity (Wildman–Crippen MR) is 140 cm³/mol. The van der Waals surface area contributed by atoms with Crippen molar-refractivity contribution in [3.8, 4) is 0 Å². The minimum atomic E-state index is 0.433. The molecule has 0 amide bonds. The van der Waals surface area contributed by atoms with Crippen LogP contribution in [-0.2, 0) is 6.54 Å². The Labute approximate surface area is 205 Å². The van der Waals surface area contributed by atoms with E-state index < -0.39 is 0 Å². The first-order valence-electron chi connectivity index (χ1n) is 13.6. The summed E-state index contributed by atoms with van der Waals surface area (Å²) in [7, 11) is 0. The van der Waals surface area contributed by atoms with Gasteiger partial charge in [0, 0.05) is 51.0 Å². The van der Waals surface area contributed by atoms with Crippen LogP contribution in [0.3, 0.4) is 0 Å². The molecule has 4 heterocycles. The van der Waals surface area contributed by atoms with Crippen molar-refractivity contribution in [2.24, 2.45) is 5.92 Å². The van der Waals surface area contributed by atoms with E-state index in [0.717, 1.165) is 37.9 Å². The van der Waals surface area contributed by atoms with Gasteiger partial charge in [0.25, 0.3) is 0 Å². The molecule has 1 aromatic heterocycles. The monoisotopic (exact) mass is 462 g/mol. The number of rotatable bonds is 6. The second-order valence-corrected chi connectivity index (χ2v) is 10.7. The smallest absolute Gasteiger partial charge is 0.224 e. The number of anilines is 2. The van der Waals surface area contributed by atoms with Crippen molar-refractivity contribution in [2.45, 2.75) is 70.5 Å². The zero-order chi connectivity index (χ0) is 23.2. The van der Waals surface area contributed by atoms with Crippen LogP contribution in [0.5, 0.6) is 0 Å². The van der Waals surface area contributed by atoms with E-state index in [9.17, 15) is 0 Å². The molecule has 3 aliphatic heterocycles. The zero-order valence-electron chi connectivity index (χ0n) is 20.9. The first-order chi connectivity index (χ1) is 16.7. The van der Waals surface area contributed by atoms with Gasteiger partial charge in [-0.05, 0) is 62.7 Å². The number of benzene rings is 1. The lowest BCUT2D eigenvalue weighted by Crippen LogP contribution is -2.54. The fraction of sp³-hybridized carbons (Fsp3) is 0.643. The molecule has 3 saturated heterocycles.